The van der Waals surface area contributed by atoms with E-state index in [1.807, 2.05) is 43.1 Å². The first-order chi connectivity index (χ1) is 7.24. The zero-order valence-corrected chi connectivity index (χ0v) is 9.05. The first-order valence-electron chi connectivity index (χ1n) is 5.11. The molecule has 0 saturated heterocycles. The van der Waals surface area contributed by atoms with E-state index < -0.39 is 0 Å². The third kappa shape index (κ3) is 1.75. The van der Waals surface area contributed by atoms with Gasteiger partial charge in [0.05, 0.1) is 5.52 Å². The average molecular weight is 206 g/mol. The number of aryl methyl sites for hydroxylation is 1. The van der Waals surface area contributed by atoms with Crippen molar-refractivity contribution in [3.8, 4) is 0 Å². The molecule has 2 aromatic rings. The predicted molar refractivity (Wildman–Crippen MR) is 60.5 cm³/mol. The van der Waals surface area contributed by atoms with Crippen LogP contribution in [0.15, 0.2) is 24.4 Å². The number of nitrogens with one attached hydrogen (secondary N) is 1. The van der Waals surface area contributed by atoms with Crippen LogP contribution < -0.4 is 5.32 Å². The number of halogens is 1. The molecule has 1 aromatic carbocycles. The fourth-order valence-electron chi connectivity index (χ4n) is 1.83. The van der Waals surface area contributed by atoms with E-state index in [1.54, 1.807) is 0 Å². The second-order valence-corrected chi connectivity index (χ2v) is 3.76. The van der Waals surface area contributed by atoms with Gasteiger partial charge in [-0.2, -0.15) is 0 Å². The number of benzene rings is 1. The van der Waals surface area contributed by atoms with Gasteiger partial charge in [0.1, 0.15) is 0 Å². The molecule has 0 aliphatic carbocycles. The van der Waals surface area contributed by atoms with Gasteiger partial charge in [0.2, 0.25) is 0 Å². The van der Waals surface area contributed by atoms with Crippen molar-refractivity contribution in [1.29, 1.82) is 0 Å². The molecule has 3 heteroatoms. The Balaban J connectivity index is 2.49. The number of hydrogen-bond donors (Lipinski definition) is 1. The molecular formula is C12H15FN2. The van der Waals surface area contributed by atoms with Crippen LogP contribution in [0.25, 0.3) is 10.9 Å². The molecule has 1 N–H and O–H groups in total. The van der Waals surface area contributed by atoms with Gasteiger partial charge < -0.3 is 9.88 Å². The van der Waals surface area contributed by atoms with E-state index >= 15 is 0 Å². The summed E-state index contributed by atoms with van der Waals surface area (Å²) in [4.78, 5) is 0. The first kappa shape index (κ1) is 10.2. The van der Waals surface area contributed by atoms with E-state index in [1.165, 1.54) is 0 Å². The van der Waals surface area contributed by atoms with Gasteiger partial charge >= 0.3 is 0 Å². The molecule has 1 aromatic heterocycles. The standard InChI is InChI=1S/C12H15FN2/c1-14-7-5-9-3-4-10-6-8-15(2)12(10)11(9)13/h3-4,6,8,14H,5,7H2,1-2H3. The normalized spacial score (nSPS) is 11.1. The maximum atomic E-state index is 14.0. The zero-order chi connectivity index (χ0) is 10.8. The fraction of sp³-hybridized carbons (Fsp3) is 0.333. The number of aromatic nitrogens is 1. The van der Waals surface area contributed by atoms with E-state index in [2.05, 4.69) is 5.32 Å². The van der Waals surface area contributed by atoms with Crippen molar-refractivity contribution in [2.24, 2.45) is 7.05 Å². The Morgan fingerprint density at radius 2 is 2.13 bits per heavy atom. The molecule has 15 heavy (non-hydrogen) atoms. The van der Waals surface area contributed by atoms with Crippen molar-refractivity contribution in [3.63, 3.8) is 0 Å². The summed E-state index contributed by atoms with van der Waals surface area (Å²) >= 11 is 0. The first-order valence-corrected chi connectivity index (χ1v) is 5.11. The SMILES string of the molecule is CNCCc1ccc2ccn(C)c2c1F. The van der Waals surface area contributed by atoms with E-state index in [-0.39, 0.29) is 5.82 Å². The molecule has 0 amide bonds. The fourth-order valence-corrected chi connectivity index (χ4v) is 1.83. The van der Waals surface area contributed by atoms with E-state index in [0.717, 1.165) is 23.9 Å². The highest BCUT2D eigenvalue weighted by Crippen LogP contribution is 2.21. The Bertz CT molecular complexity index is 474. The van der Waals surface area contributed by atoms with Gasteiger partial charge in [0.25, 0.3) is 0 Å². The summed E-state index contributed by atoms with van der Waals surface area (Å²) in [7, 11) is 3.74. The van der Waals surface area contributed by atoms with E-state index in [9.17, 15) is 4.39 Å². The lowest BCUT2D eigenvalue weighted by molar-refractivity contribution is 0.609. The third-order valence-electron chi connectivity index (χ3n) is 2.70. The summed E-state index contributed by atoms with van der Waals surface area (Å²) in [5.41, 5.74) is 1.47. The van der Waals surface area contributed by atoms with Gasteiger partial charge in [-0.3, -0.25) is 0 Å². The molecule has 0 saturated carbocycles. The van der Waals surface area contributed by atoms with Gasteiger partial charge in [-0.1, -0.05) is 12.1 Å². The maximum Gasteiger partial charge on any atom is 0.150 e. The molecule has 80 valence electrons. The van der Waals surface area contributed by atoms with Crippen LogP contribution in [0.4, 0.5) is 4.39 Å². The smallest absolute Gasteiger partial charge is 0.150 e. The van der Waals surface area contributed by atoms with Crippen LogP contribution in [-0.4, -0.2) is 18.2 Å². The summed E-state index contributed by atoms with van der Waals surface area (Å²) in [5.74, 6) is -0.0877. The number of fused-ring (bicyclic) bond motifs is 1. The van der Waals surface area contributed by atoms with Crippen LogP contribution in [0.1, 0.15) is 5.56 Å². The number of rotatable bonds is 3. The summed E-state index contributed by atoms with van der Waals surface area (Å²) < 4.78 is 15.9. The van der Waals surface area contributed by atoms with Crippen molar-refractivity contribution in [2.75, 3.05) is 13.6 Å². The summed E-state index contributed by atoms with van der Waals surface area (Å²) in [6.07, 6.45) is 2.61. The molecule has 2 nitrogen and oxygen atoms in total. The average Bonchev–Trinajstić information content (AvgIpc) is 2.60. The lowest BCUT2D eigenvalue weighted by Gasteiger charge is -2.05. The minimum Gasteiger partial charge on any atom is -0.348 e. The molecule has 0 atom stereocenters. The predicted octanol–water partition coefficient (Wildman–Crippen LogP) is 2.08. The van der Waals surface area contributed by atoms with Crippen LogP contribution in [0.3, 0.4) is 0 Å². The molecule has 2 rings (SSSR count). The summed E-state index contributed by atoms with van der Waals surface area (Å²) in [6.45, 7) is 0.798. The van der Waals surface area contributed by atoms with Gasteiger partial charge in [0, 0.05) is 18.6 Å². The van der Waals surface area contributed by atoms with Gasteiger partial charge in [-0.05, 0) is 31.6 Å². The number of likely N-dealkylation sites (N-methyl/N-ethyl adjacent to an activating group) is 1. The molecule has 0 unspecified atom stereocenters. The van der Waals surface area contributed by atoms with Crippen molar-refractivity contribution < 1.29 is 4.39 Å². The maximum absolute atomic E-state index is 14.0. The Morgan fingerprint density at radius 1 is 1.33 bits per heavy atom. The number of nitrogens with zero attached hydrogens (tertiary/aromatic N) is 1. The monoisotopic (exact) mass is 206 g/mol. The second kappa shape index (κ2) is 4.03. The minimum atomic E-state index is -0.0877. The molecular weight excluding hydrogens is 191 g/mol. The van der Waals surface area contributed by atoms with Crippen LogP contribution in [-0.2, 0) is 13.5 Å². The van der Waals surface area contributed by atoms with Crippen LogP contribution in [0.2, 0.25) is 0 Å². The Kier molecular flexibility index (Phi) is 2.73. The van der Waals surface area contributed by atoms with Crippen molar-refractivity contribution in [1.82, 2.24) is 9.88 Å². The quantitative estimate of drug-likeness (QED) is 0.813. The van der Waals surface area contributed by atoms with Gasteiger partial charge in [-0.25, -0.2) is 4.39 Å². The molecule has 0 aliphatic heterocycles. The largest absolute Gasteiger partial charge is 0.348 e. The Morgan fingerprint density at radius 3 is 2.87 bits per heavy atom. The van der Waals surface area contributed by atoms with Crippen molar-refractivity contribution >= 4 is 10.9 Å². The molecule has 0 spiro atoms. The third-order valence-corrected chi connectivity index (χ3v) is 2.70. The minimum absolute atomic E-state index is 0.0877. The second-order valence-electron chi connectivity index (χ2n) is 3.76. The highest BCUT2D eigenvalue weighted by atomic mass is 19.1. The number of hydrogen-bond acceptors (Lipinski definition) is 1. The lowest BCUT2D eigenvalue weighted by Crippen LogP contribution is -2.11. The van der Waals surface area contributed by atoms with Crippen LogP contribution in [0, 0.1) is 5.82 Å². The summed E-state index contributed by atoms with van der Waals surface area (Å²) in [5, 5.41) is 3.99. The van der Waals surface area contributed by atoms with Crippen molar-refractivity contribution in [2.45, 2.75) is 6.42 Å². The molecule has 0 aliphatic rings. The van der Waals surface area contributed by atoms with Crippen LogP contribution >= 0.6 is 0 Å². The summed E-state index contributed by atoms with van der Waals surface area (Å²) in [6, 6.07) is 5.78. The zero-order valence-electron chi connectivity index (χ0n) is 9.05. The van der Waals surface area contributed by atoms with Gasteiger partial charge in [-0.15, -0.1) is 0 Å². The molecule has 0 bridgehead atoms. The highest BCUT2D eigenvalue weighted by molar-refractivity contribution is 5.81. The van der Waals surface area contributed by atoms with Gasteiger partial charge in [0.15, 0.2) is 5.82 Å². The van der Waals surface area contributed by atoms with E-state index in [0.29, 0.717) is 5.52 Å². The highest BCUT2D eigenvalue weighted by Gasteiger charge is 2.09. The van der Waals surface area contributed by atoms with E-state index in [4.69, 9.17) is 0 Å². The topological polar surface area (TPSA) is 17.0 Å². The Hall–Kier alpha value is -1.35. The molecule has 1 heterocycles. The molecule has 0 radical (unpaired) electrons. The van der Waals surface area contributed by atoms with Crippen LogP contribution in [0.5, 0.6) is 0 Å². The molecule has 0 fully saturated rings. The Labute approximate surface area is 88.7 Å². The van der Waals surface area contributed by atoms with Crippen molar-refractivity contribution in [3.05, 3.63) is 35.8 Å². The lowest BCUT2D eigenvalue weighted by atomic mass is 10.1.